The van der Waals surface area contributed by atoms with E-state index < -0.39 is 0 Å². The van der Waals surface area contributed by atoms with E-state index in [0.29, 0.717) is 6.04 Å². The molecule has 1 aliphatic rings. The summed E-state index contributed by atoms with van der Waals surface area (Å²) in [7, 11) is 1.97. The zero-order valence-electron chi connectivity index (χ0n) is 7.74. The molecular formula is C10H10BrClN2. The summed E-state index contributed by atoms with van der Waals surface area (Å²) in [4.78, 5) is 0. The van der Waals surface area contributed by atoms with E-state index in [0.717, 1.165) is 16.1 Å². The van der Waals surface area contributed by atoms with E-state index >= 15 is 0 Å². The number of benzene rings is 1. The van der Waals surface area contributed by atoms with Crippen molar-refractivity contribution >= 4 is 32.2 Å². The van der Waals surface area contributed by atoms with Gasteiger partial charge in [0.05, 0.1) is 6.04 Å². The minimum atomic E-state index is 0.308. The van der Waals surface area contributed by atoms with Crippen LogP contribution in [0.25, 0.3) is 0 Å². The lowest BCUT2D eigenvalue weighted by molar-refractivity contribution is 0.290. The first kappa shape index (κ1) is 9.99. The van der Waals surface area contributed by atoms with E-state index in [2.05, 4.69) is 27.1 Å². The molecule has 0 radical (unpaired) electrons. The predicted molar refractivity (Wildman–Crippen MR) is 62.9 cm³/mol. The van der Waals surface area contributed by atoms with Gasteiger partial charge in [0.2, 0.25) is 0 Å². The quantitative estimate of drug-likeness (QED) is 0.765. The summed E-state index contributed by atoms with van der Waals surface area (Å²) >= 11 is 9.35. The Labute approximate surface area is 96.7 Å². The highest BCUT2D eigenvalue weighted by atomic mass is 79.9. The fourth-order valence-electron chi connectivity index (χ4n) is 1.62. The second-order valence-electron chi connectivity index (χ2n) is 3.32. The normalized spacial score (nSPS) is 21.2. The molecule has 1 heterocycles. The van der Waals surface area contributed by atoms with Crippen molar-refractivity contribution in [1.82, 2.24) is 5.01 Å². The lowest BCUT2D eigenvalue weighted by Gasteiger charge is -2.18. The van der Waals surface area contributed by atoms with Crippen molar-refractivity contribution in [2.75, 3.05) is 7.05 Å². The van der Waals surface area contributed by atoms with Gasteiger partial charge in [-0.2, -0.15) is 5.10 Å². The van der Waals surface area contributed by atoms with Crippen LogP contribution in [0.5, 0.6) is 0 Å². The molecule has 0 bridgehead atoms. The molecule has 0 amide bonds. The van der Waals surface area contributed by atoms with Crippen LogP contribution >= 0.6 is 27.5 Å². The average molecular weight is 274 g/mol. The first-order valence-corrected chi connectivity index (χ1v) is 5.55. The summed E-state index contributed by atoms with van der Waals surface area (Å²) in [6.07, 6.45) is 0.914. The summed E-state index contributed by atoms with van der Waals surface area (Å²) < 4.78 is 0.991. The third-order valence-electron chi connectivity index (χ3n) is 2.31. The van der Waals surface area contributed by atoms with Gasteiger partial charge in [-0.1, -0.05) is 23.7 Å². The van der Waals surface area contributed by atoms with E-state index in [1.165, 1.54) is 5.56 Å². The fourth-order valence-corrected chi connectivity index (χ4v) is 2.38. The Morgan fingerprint density at radius 3 is 2.93 bits per heavy atom. The Morgan fingerprint density at radius 1 is 1.57 bits per heavy atom. The summed E-state index contributed by atoms with van der Waals surface area (Å²) in [5.74, 6) is 0. The van der Waals surface area contributed by atoms with Gasteiger partial charge >= 0.3 is 0 Å². The lowest BCUT2D eigenvalue weighted by atomic mass is 10.1. The van der Waals surface area contributed by atoms with Gasteiger partial charge in [0.1, 0.15) is 4.62 Å². The molecule has 0 saturated heterocycles. The van der Waals surface area contributed by atoms with Crippen molar-refractivity contribution in [3.8, 4) is 0 Å². The largest absolute Gasteiger partial charge is 0.291 e. The second kappa shape index (κ2) is 3.91. The van der Waals surface area contributed by atoms with Gasteiger partial charge in [-0.05, 0) is 33.6 Å². The highest BCUT2D eigenvalue weighted by Crippen LogP contribution is 2.31. The molecule has 0 saturated carbocycles. The van der Waals surface area contributed by atoms with E-state index in [1.54, 1.807) is 0 Å². The molecule has 0 aromatic heterocycles. The molecule has 74 valence electrons. The molecule has 1 aromatic carbocycles. The minimum Gasteiger partial charge on any atom is -0.291 e. The van der Waals surface area contributed by atoms with E-state index in [-0.39, 0.29) is 0 Å². The predicted octanol–water partition coefficient (Wildman–Crippen LogP) is 3.43. The number of halogens is 2. The zero-order valence-corrected chi connectivity index (χ0v) is 10.1. The zero-order chi connectivity index (χ0) is 10.1. The SMILES string of the molecule is CN1N=C(Br)CC1c1cccc(Cl)c1. The molecule has 1 aliphatic heterocycles. The Balaban J connectivity index is 2.25. The molecule has 0 spiro atoms. The molecule has 1 aromatic rings. The molecule has 1 atom stereocenters. The second-order valence-corrected chi connectivity index (χ2v) is 4.68. The van der Waals surface area contributed by atoms with Crippen molar-refractivity contribution < 1.29 is 0 Å². The van der Waals surface area contributed by atoms with Crippen LogP contribution in [0, 0.1) is 0 Å². The number of rotatable bonds is 1. The maximum atomic E-state index is 5.94. The van der Waals surface area contributed by atoms with Crippen molar-refractivity contribution in [2.45, 2.75) is 12.5 Å². The van der Waals surface area contributed by atoms with Crippen molar-refractivity contribution in [3.05, 3.63) is 34.9 Å². The molecule has 0 N–H and O–H groups in total. The van der Waals surface area contributed by atoms with Gasteiger partial charge in [-0.15, -0.1) is 0 Å². The highest BCUT2D eigenvalue weighted by Gasteiger charge is 2.23. The lowest BCUT2D eigenvalue weighted by Crippen LogP contribution is -2.13. The molecule has 4 heteroatoms. The monoisotopic (exact) mass is 272 g/mol. The first-order chi connectivity index (χ1) is 6.66. The van der Waals surface area contributed by atoms with Crippen LogP contribution in [-0.2, 0) is 0 Å². The standard InChI is InChI=1S/C10H10BrClN2/c1-14-9(6-10(11)13-14)7-3-2-4-8(12)5-7/h2-5,9H,6H2,1H3. The first-order valence-electron chi connectivity index (χ1n) is 4.38. The summed E-state index contributed by atoms with van der Waals surface area (Å²) in [5.41, 5.74) is 1.21. The Hall–Kier alpha value is -0.540. The summed E-state index contributed by atoms with van der Waals surface area (Å²) in [6.45, 7) is 0. The fraction of sp³-hybridized carbons (Fsp3) is 0.300. The van der Waals surface area contributed by atoms with Crippen LogP contribution in [0.2, 0.25) is 5.02 Å². The molecule has 0 fully saturated rings. The smallest absolute Gasteiger partial charge is 0.105 e. The third kappa shape index (κ3) is 1.93. The molecule has 2 rings (SSSR count). The maximum Gasteiger partial charge on any atom is 0.105 e. The van der Waals surface area contributed by atoms with E-state index in [1.807, 2.05) is 30.3 Å². The number of nitrogens with zero attached hydrogens (tertiary/aromatic N) is 2. The van der Waals surface area contributed by atoms with Crippen LogP contribution in [-0.4, -0.2) is 16.7 Å². The number of hydrogen-bond acceptors (Lipinski definition) is 2. The molecule has 0 aliphatic carbocycles. The summed E-state index contributed by atoms with van der Waals surface area (Å²) in [6, 6.07) is 8.23. The van der Waals surface area contributed by atoms with Crippen molar-refractivity contribution in [3.63, 3.8) is 0 Å². The van der Waals surface area contributed by atoms with Gasteiger partial charge in [0.15, 0.2) is 0 Å². The van der Waals surface area contributed by atoms with Crippen molar-refractivity contribution in [1.29, 1.82) is 0 Å². The molecule has 1 unspecified atom stereocenters. The van der Waals surface area contributed by atoms with Crippen LogP contribution in [0.4, 0.5) is 0 Å². The Morgan fingerprint density at radius 2 is 2.36 bits per heavy atom. The number of hydrogen-bond donors (Lipinski definition) is 0. The van der Waals surface area contributed by atoms with E-state index in [9.17, 15) is 0 Å². The van der Waals surface area contributed by atoms with Gasteiger partial charge in [0.25, 0.3) is 0 Å². The molecule has 14 heavy (non-hydrogen) atoms. The van der Waals surface area contributed by atoms with Gasteiger partial charge in [-0.25, -0.2) is 0 Å². The Kier molecular flexibility index (Phi) is 2.79. The Bertz CT molecular complexity index is 378. The minimum absolute atomic E-state index is 0.308. The molecular weight excluding hydrogens is 263 g/mol. The molecule has 2 nitrogen and oxygen atoms in total. The summed E-state index contributed by atoms with van der Waals surface area (Å²) in [5, 5.41) is 7.03. The van der Waals surface area contributed by atoms with Crippen molar-refractivity contribution in [2.24, 2.45) is 5.10 Å². The highest BCUT2D eigenvalue weighted by molar-refractivity contribution is 9.18. The van der Waals surface area contributed by atoms with Gasteiger partial charge in [0, 0.05) is 18.5 Å². The van der Waals surface area contributed by atoms with Crippen LogP contribution in [0.15, 0.2) is 29.4 Å². The number of hydrazone groups is 1. The van der Waals surface area contributed by atoms with Crippen LogP contribution in [0.1, 0.15) is 18.0 Å². The van der Waals surface area contributed by atoms with Gasteiger partial charge < -0.3 is 0 Å². The topological polar surface area (TPSA) is 15.6 Å². The van der Waals surface area contributed by atoms with Crippen LogP contribution < -0.4 is 0 Å². The van der Waals surface area contributed by atoms with Gasteiger partial charge in [-0.3, -0.25) is 5.01 Å². The van der Waals surface area contributed by atoms with E-state index in [4.69, 9.17) is 11.6 Å². The maximum absolute atomic E-state index is 5.94. The van der Waals surface area contributed by atoms with Crippen LogP contribution in [0.3, 0.4) is 0 Å². The third-order valence-corrected chi connectivity index (χ3v) is 3.03. The average Bonchev–Trinajstić information content (AvgIpc) is 2.45.